The average Bonchev–Trinajstić information content (AvgIpc) is 3.16. The lowest BCUT2D eigenvalue weighted by atomic mass is 10.1. The SMILES string of the molecule is CCOc1c(Cl)cc(-c2nn(-c3ccccc3)c(C(=O)OC)c2C(=O)OC)cc1Br. The van der Waals surface area contributed by atoms with E-state index >= 15 is 0 Å². The number of hydrogen-bond acceptors (Lipinski definition) is 6. The molecule has 156 valence electrons. The van der Waals surface area contributed by atoms with E-state index in [0.717, 1.165) is 0 Å². The number of nitrogens with zero attached hydrogens (tertiary/aromatic N) is 2. The minimum absolute atomic E-state index is 0.0275. The van der Waals surface area contributed by atoms with E-state index in [2.05, 4.69) is 21.0 Å². The van der Waals surface area contributed by atoms with Gasteiger partial charge in [-0.3, -0.25) is 0 Å². The molecule has 0 bridgehead atoms. The summed E-state index contributed by atoms with van der Waals surface area (Å²) in [6, 6.07) is 12.2. The molecule has 0 amide bonds. The minimum atomic E-state index is -0.728. The summed E-state index contributed by atoms with van der Waals surface area (Å²) in [6.07, 6.45) is 0. The number of rotatable bonds is 6. The number of carbonyl (C=O) groups excluding carboxylic acids is 2. The number of halogens is 2. The van der Waals surface area contributed by atoms with Crippen LogP contribution in [-0.4, -0.2) is 42.5 Å². The summed E-state index contributed by atoms with van der Waals surface area (Å²) in [6.45, 7) is 2.27. The lowest BCUT2D eigenvalue weighted by Gasteiger charge is -2.10. The van der Waals surface area contributed by atoms with Crippen molar-refractivity contribution in [2.24, 2.45) is 0 Å². The van der Waals surface area contributed by atoms with Gasteiger partial charge in [0.15, 0.2) is 11.4 Å². The number of benzene rings is 2. The third-order valence-corrected chi connectivity index (χ3v) is 5.08. The maximum absolute atomic E-state index is 12.7. The van der Waals surface area contributed by atoms with Crippen LogP contribution in [0.15, 0.2) is 46.9 Å². The molecule has 2 aromatic carbocycles. The van der Waals surface area contributed by atoms with Gasteiger partial charge in [-0.2, -0.15) is 5.10 Å². The van der Waals surface area contributed by atoms with Crippen molar-refractivity contribution in [2.75, 3.05) is 20.8 Å². The molecule has 9 heteroatoms. The fourth-order valence-corrected chi connectivity index (χ4v) is 3.90. The summed E-state index contributed by atoms with van der Waals surface area (Å²) in [4.78, 5) is 25.3. The Morgan fingerprint density at radius 3 is 2.33 bits per heavy atom. The van der Waals surface area contributed by atoms with E-state index in [0.29, 0.717) is 33.1 Å². The second-order valence-electron chi connectivity index (χ2n) is 6.00. The summed E-state index contributed by atoms with van der Waals surface area (Å²) >= 11 is 9.82. The quantitative estimate of drug-likeness (QED) is 0.453. The molecule has 1 heterocycles. The molecular formula is C21H18BrClN2O5. The molecule has 0 fully saturated rings. The van der Waals surface area contributed by atoms with E-state index in [9.17, 15) is 9.59 Å². The van der Waals surface area contributed by atoms with Gasteiger partial charge in [-0.05, 0) is 47.1 Å². The van der Waals surface area contributed by atoms with Gasteiger partial charge >= 0.3 is 11.9 Å². The fourth-order valence-electron chi connectivity index (χ4n) is 2.94. The first kappa shape index (κ1) is 21.9. The second kappa shape index (κ2) is 9.32. The van der Waals surface area contributed by atoms with Crippen LogP contribution in [0.5, 0.6) is 5.75 Å². The van der Waals surface area contributed by atoms with E-state index in [1.807, 2.05) is 13.0 Å². The van der Waals surface area contributed by atoms with E-state index in [4.69, 9.17) is 25.8 Å². The smallest absolute Gasteiger partial charge is 0.357 e. The lowest BCUT2D eigenvalue weighted by Crippen LogP contribution is -2.15. The topological polar surface area (TPSA) is 79.7 Å². The van der Waals surface area contributed by atoms with Crippen LogP contribution in [0.2, 0.25) is 5.02 Å². The maximum atomic E-state index is 12.7. The Morgan fingerprint density at radius 1 is 1.10 bits per heavy atom. The molecule has 0 spiro atoms. The molecule has 0 radical (unpaired) electrons. The largest absolute Gasteiger partial charge is 0.491 e. The Kier molecular flexibility index (Phi) is 6.79. The van der Waals surface area contributed by atoms with Crippen LogP contribution < -0.4 is 4.74 Å². The molecule has 1 aromatic heterocycles. The van der Waals surface area contributed by atoms with Gasteiger partial charge in [0.1, 0.15) is 11.3 Å². The zero-order chi connectivity index (χ0) is 21.8. The van der Waals surface area contributed by atoms with Crippen LogP contribution >= 0.6 is 27.5 Å². The van der Waals surface area contributed by atoms with Crippen molar-refractivity contribution in [1.29, 1.82) is 0 Å². The summed E-state index contributed by atoms with van der Waals surface area (Å²) in [5.74, 6) is -0.985. The molecule has 0 unspecified atom stereocenters. The highest BCUT2D eigenvalue weighted by Gasteiger charge is 2.31. The molecule has 0 aliphatic carbocycles. The number of hydrogen-bond donors (Lipinski definition) is 0. The van der Waals surface area contributed by atoms with Gasteiger partial charge in [0.2, 0.25) is 0 Å². The van der Waals surface area contributed by atoms with E-state index < -0.39 is 11.9 Å². The monoisotopic (exact) mass is 492 g/mol. The molecule has 7 nitrogen and oxygen atoms in total. The third-order valence-electron chi connectivity index (χ3n) is 4.21. The van der Waals surface area contributed by atoms with Crippen molar-refractivity contribution >= 4 is 39.5 Å². The third kappa shape index (κ3) is 4.06. The molecular weight excluding hydrogens is 476 g/mol. The molecule has 3 rings (SSSR count). The van der Waals surface area contributed by atoms with Crippen molar-refractivity contribution < 1.29 is 23.8 Å². The van der Waals surface area contributed by atoms with Crippen LogP contribution in [-0.2, 0) is 9.47 Å². The molecule has 30 heavy (non-hydrogen) atoms. The summed E-state index contributed by atoms with van der Waals surface area (Å²) in [5.41, 5.74) is 1.21. The van der Waals surface area contributed by atoms with Gasteiger partial charge in [0, 0.05) is 5.56 Å². The van der Waals surface area contributed by atoms with Gasteiger partial charge in [-0.15, -0.1) is 0 Å². The molecule has 0 aliphatic heterocycles. The van der Waals surface area contributed by atoms with Crippen LogP contribution in [0.25, 0.3) is 16.9 Å². The zero-order valence-corrected chi connectivity index (χ0v) is 18.8. The van der Waals surface area contributed by atoms with Crippen LogP contribution in [0, 0.1) is 0 Å². The first-order valence-corrected chi connectivity index (χ1v) is 10.1. The van der Waals surface area contributed by atoms with Crippen LogP contribution in [0.3, 0.4) is 0 Å². The van der Waals surface area contributed by atoms with Crippen molar-refractivity contribution in [2.45, 2.75) is 6.92 Å². The first-order chi connectivity index (χ1) is 14.4. The van der Waals surface area contributed by atoms with Crippen molar-refractivity contribution in [3.63, 3.8) is 0 Å². The Morgan fingerprint density at radius 2 is 1.77 bits per heavy atom. The number of aromatic nitrogens is 2. The fraction of sp³-hybridized carbons (Fsp3) is 0.190. The van der Waals surface area contributed by atoms with Crippen LogP contribution in [0.1, 0.15) is 27.8 Å². The minimum Gasteiger partial charge on any atom is -0.491 e. The van der Waals surface area contributed by atoms with Crippen molar-refractivity contribution in [3.05, 3.63) is 63.2 Å². The number of methoxy groups -OCH3 is 2. The second-order valence-corrected chi connectivity index (χ2v) is 7.27. The Labute approximate surface area is 186 Å². The Balaban J connectivity index is 2.33. The highest BCUT2D eigenvalue weighted by molar-refractivity contribution is 9.10. The average molecular weight is 494 g/mol. The maximum Gasteiger partial charge on any atom is 0.357 e. The van der Waals surface area contributed by atoms with Crippen molar-refractivity contribution in [1.82, 2.24) is 9.78 Å². The normalized spacial score (nSPS) is 10.6. The number of ether oxygens (including phenoxy) is 3. The van der Waals surface area contributed by atoms with E-state index in [1.54, 1.807) is 36.4 Å². The number of esters is 2. The van der Waals surface area contributed by atoms with Gasteiger partial charge in [0.05, 0.1) is 36.0 Å². The lowest BCUT2D eigenvalue weighted by molar-refractivity contribution is 0.0549. The molecule has 3 aromatic rings. The van der Waals surface area contributed by atoms with Crippen LogP contribution in [0.4, 0.5) is 0 Å². The molecule has 0 saturated carbocycles. The van der Waals surface area contributed by atoms with Gasteiger partial charge in [-0.25, -0.2) is 14.3 Å². The number of carbonyl (C=O) groups is 2. The van der Waals surface area contributed by atoms with E-state index in [-0.39, 0.29) is 17.0 Å². The van der Waals surface area contributed by atoms with E-state index in [1.165, 1.54) is 18.9 Å². The Bertz CT molecular complexity index is 1080. The predicted octanol–water partition coefficient (Wildman–Crippen LogP) is 4.93. The molecule has 0 N–H and O–H groups in total. The first-order valence-electron chi connectivity index (χ1n) is 8.90. The summed E-state index contributed by atoms with van der Waals surface area (Å²) < 4.78 is 17.3. The highest BCUT2D eigenvalue weighted by Crippen LogP contribution is 2.39. The molecule has 0 atom stereocenters. The Hall–Kier alpha value is -2.84. The zero-order valence-electron chi connectivity index (χ0n) is 16.4. The summed E-state index contributed by atoms with van der Waals surface area (Å²) in [7, 11) is 2.46. The van der Waals surface area contributed by atoms with Crippen molar-refractivity contribution in [3.8, 4) is 22.7 Å². The molecule has 0 saturated heterocycles. The van der Waals surface area contributed by atoms with Gasteiger partial charge in [-0.1, -0.05) is 29.8 Å². The number of para-hydroxylation sites is 1. The van der Waals surface area contributed by atoms with Gasteiger partial charge in [0.25, 0.3) is 0 Å². The predicted molar refractivity (Wildman–Crippen MR) is 116 cm³/mol. The summed E-state index contributed by atoms with van der Waals surface area (Å²) in [5, 5.41) is 4.87. The highest BCUT2D eigenvalue weighted by atomic mass is 79.9. The molecule has 0 aliphatic rings. The standard InChI is InChI=1S/C21H18BrClN2O5/c1-4-30-19-14(22)10-12(11-15(19)23)17-16(20(26)28-2)18(21(27)29-3)25(24-17)13-8-6-5-7-9-13/h5-11H,4H2,1-3H3. The van der Waals surface area contributed by atoms with Gasteiger partial charge < -0.3 is 14.2 Å².